The summed E-state index contributed by atoms with van der Waals surface area (Å²) in [7, 11) is 0. The maximum absolute atomic E-state index is 13.3. The highest BCUT2D eigenvalue weighted by atomic mass is 19.1. The van der Waals surface area contributed by atoms with E-state index >= 15 is 0 Å². The molecule has 0 spiro atoms. The van der Waals surface area contributed by atoms with Gasteiger partial charge in [-0.2, -0.15) is 0 Å². The van der Waals surface area contributed by atoms with Crippen LogP contribution in [0.3, 0.4) is 0 Å². The van der Waals surface area contributed by atoms with Crippen LogP contribution in [0.2, 0.25) is 0 Å². The standard InChI is InChI=1S/C12H14F2N2O2/c1-12(6-15-7-12)18-5-10(17)16-11-8(13)3-2-4-9(11)14/h2-4,15H,5-7H2,1H3,(H,16,17). The molecule has 1 aromatic carbocycles. The summed E-state index contributed by atoms with van der Waals surface area (Å²) in [5.74, 6) is -2.19. The van der Waals surface area contributed by atoms with Crippen molar-refractivity contribution in [3.05, 3.63) is 29.8 Å². The molecular weight excluding hydrogens is 242 g/mol. The minimum absolute atomic E-state index is 0.230. The summed E-state index contributed by atoms with van der Waals surface area (Å²) in [5, 5.41) is 5.18. The number of amides is 1. The van der Waals surface area contributed by atoms with Gasteiger partial charge in [-0.1, -0.05) is 6.07 Å². The van der Waals surface area contributed by atoms with E-state index in [1.807, 2.05) is 6.92 Å². The van der Waals surface area contributed by atoms with Gasteiger partial charge in [0.05, 0.1) is 5.60 Å². The molecule has 0 atom stereocenters. The van der Waals surface area contributed by atoms with Crippen molar-refractivity contribution in [2.45, 2.75) is 12.5 Å². The fourth-order valence-electron chi connectivity index (χ4n) is 1.61. The molecule has 1 aromatic rings. The molecule has 98 valence electrons. The largest absolute Gasteiger partial charge is 0.363 e. The van der Waals surface area contributed by atoms with Crippen molar-refractivity contribution in [1.82, 2.24) is 5.32 Å². The van der Waals surface area contributed by atoms with Crippen LogP contribution >= 0.6 is 0 Å². The molecule has 1 heterocycles. The van der Waals surface area contributed by atoms with E-state index in [1.165, 1.54) is 6.07 Å². The van der Waals surface area contributed by atoms with Crippen molar-refractivity contribution in [1.29, 1.82) is 0 Å². The van der Waals surface area contributed by atoms with Crippen LogP contribution in [0, 0.1) is 11.6 Å². The first-order valence-electron chi connectivity index (χ1n) is 5.59. The number of rotatable bonds is 4. The van der Waals surface area contributed by atoms with E-state index in [9.17, 15) is 13.6 Å². The first-order chi connectivity index (χ1) is 8.50. The van der Waals surface area contributed by atoms with Crippen molar-refractivity contribution in [3.63, 3.8) is 0 Å². The predicted octanol–water partition coefficient (Wildman–Crippen LogP) is 1.28. The van der Waals surface area contributed by atoms with E-state index in [1.54, 1.807) is 0 Å². The van der Waals surface area contributed by atoms with Gasteiger partial charge < -0.3 is 15.4 Å². The van der Waals surface area contributed by atoms with Crippen molar-refractivity contribution >= 4 is 11.6 Å². The Morgan fingerprint density at radius 1 is 1.44 bits per heavy atom. The van der Waals surface area contributed by atoms with Gasteiger partial charge in [-0.3, -0.25) is 4.79 Å². The van der Waals surface area contributed by atoms with E-state index in [4.69, 9.17) is 4.74 Å². The molecule has 18 heavy (non-hydrogen) atoms. The highest BCUT2D eigenvalue weighted by Crippen LogP contribution is 2.19. The second-order valence-corrected chi connectivity index (χ2v) is 4.49. The van der Waals surface area contributed by atoms with Crippen molar-refractivity contribution < 1.29 is 18.3 Å². The number of hydrogen-bond donors (Lipinski definition) is 2. The molecular formula is C12H14F2N2O2. The zero-order valence-corrected chi connectivity index (χ0v) is 9.93. The van der Waals surface area contributed by atoms with Crippen LogP contribution in [0.4, 0.5) is 14.5 Å². The predicted molar refractivity (Wildman–Crippen MR) is 62.2 cm³/mol. The van der Waals surface area contributed by atoms with Gasteiger partial charge in [0.1, 0.15) is 23.9 Å². The molecule has 0 unspecified atom stereocenters. The molecule has 1 amide bonds. The van der Waals surface area contributed by atoms with Gasteiger partial charge in [0.25, 0.3) is 5.91 Å². The summed E-state index contributed by atoms with van der Waals surface area (Å²) in [6.07, 6.45) is 0. The average molecular weight is 256 g/mol. The fourth-order valence-corrected chi connectivity index (χ4v) is 1.61. The molecule has 0 aromatic heterocycles. The van der Waals surface area contributed by atoms with Crippen LogP contribution in [-0.2, 0) is 9.53 Å². The second-order valence-electron chi connectivity index (χ2n) is 4.49. The smallest absolute Gasteiger partial charge is 0.250 e. The lowest BCUT2D eigenvalue weighted by Crippen LogP contribution is -2.59. The van der Waals surface area contributed by atoms with Gasteiger partial charge in [0.2, 0.25) is 0 Å². The quantitative estimate of drug-likeness (QED) is 0.853. The molecule has 0 bridgehead atoms. The third-order valence-electron chi connectivity index (χ3n) is 2.78. The topological polar surface area (TPSA) is 50.4 Å². The highest BCUT2D eigenvalue weighted by molar-refractivity contribution is 5.91. The Hall–Kier alpha value is -1.53. The summed E-state index contributed by atoms with van der Waals surface area (Å²) >= 11 is 0. The molecule has 2 rings (SSSR count). The van der Waals surface area contributed by atoms with Crippen molar-refractivity contribution in [2.75, 3.05) is 25.0 Å². The summed E-state index contributed by atoms with van der Waals surface area (Å²) in [6.45, 7) is 2.95. The number of carbonyl (C=O) groups excluding carboxylic acids is 1. The Morgan fingerprint density at radius 3 is 2.56 bits per heavy atom. The molecule has 1 aliphatic heterocycles. The molecule has 6 heteroatoms. The molecule has 2 N–H and O–H groups in total. The molecule has 1 fully saturated rings. The maximum Gasteiger partial charge on any atom is 0.250 e. The maximum atomic E-state index is 13.3. The van der Waals surface area contributed by atoms with E-state index in [0.29, 0.717) is 13.1 Å². The normalized spacial score (nSPS) is 17.1. The van der Waals surface area contributed by atoms with Gasteiger partial charge in [0.15, 0.2) is 0 Å². The number of carbonyl (C=O) groups is 1. The molecule has 0 aliphatic carbocycles. The first kappa shape index (κ1) is 12.9. The Morgan fingerprint density at radius 2 is 2.06 bits per heavy atom. The summed E-state index contributed by atoms with van der Waals surface area (Å²) in [5.41, 5.74) is -0.812. The Labute approximate surface area is 103 Å². The van der Waals surface area contributed by atoms with E-state index in [0.717, 1.165) is 12.1 Å². The van der Waals surface area contributed by atoms with Crippen LogP contribution in [-0.4, -0.2) is 31.2 Å². The lowest BCUT2D eigenvalue weighted by molar-refractivity contribution is -0.130. The van der Waals surface area contributed by atoms with Crippen molar-refractivity contribution in [2.24, 2.45) is 0 Å². The number of para-hydroxylation sites is 1. The average Bonchev–Trinajstić information content (AvgIpc) is 2.29. The Balaban J connectivity index is 1.91. The monoisotopic (exact) mass is 256 g/mol. The number of hydrogen-bond acceptors (Lipinski definition) is 3. The molecule has 1 saturated heterocycles. The van der Waals surface area contributed by atoms with Crippen LogP contribution in [0.25, 0.3) is 0 Å². The third kappa shape index (κ3) is 2.83. The SMILES string of the molecule is CC1(OCC(=O)Nc2c(F)cccc2F)CNC1. The third-order valence-corrected chi connectivity index (χ3v) is 2.78. The van der Waals surface area contributed by atoms with Crippen LogP contribution in [0.15, 0.2) is 18.2 Å². The van der Waals surface area contributed by atoms with Gasteiger partial charge in [-0.15, -0.1) is 0 Å². The van der Waals surface area contributed by atoms with E-state index in [-0.39, 0.29) is 12.2 Å². The molecule has 0 radical (unpaired) electrons. The molecule has 0 saturated carbocycles. The summed E-state index contributed by atoms with van der Waals surface area (Å²) in [6, 6.07) is 3.39. The Kier molecular flexibility index (Phi) is 3.58. The van der Waals surface area contributed by atoms with Gasteiger partial charge in [-0.25, -0.2) is 8.78 Å². The van der Waals surface area contributed by atoms with Crippen LogP contribution in [0.5, 0.6) is 0 Å². The number of anilines is 1. The van der Waals surface area contributed by atoms with Crippen molar-refractivity contribution in [3.8, 4) is 0 Å². The summed E-state index contributed by atoms with van der Waals surface area (Å²) in [4.78, 5) is 11.5. The minimum atomic E-state index is -0.806. The lowest BCUT2D eigenvalue weighted by Gasteiger charge is -2.38. The highest BCUT2D eigenvalue weighted by Gasteiger charge is 2.33. The van der Waals surface area contributed by atoms with Crippen LogP contribution < -0.4 is 10.6 Å². The lowest BCUT2D eigenvalue weighted by atomic mass is 10.0. The van der Waals surface area contributed by atoms with Gasteiger partial charge >= 0.3 is 0 Å². The van der Waals surface area contributed by atoms with Gasteiger partial charge in [0, 0.05) is 13.1 Å². The zero-order chi connectivity index (χ0) is 13.2. The summed E-state index contributed by atoms with van der Waals surface area (Å²) < 4.78 is 31.9. The van der Waals surface area contributed by atoms with Crippen LogP contribution in [0.1, 0.15) is 6.92 Å². The van der Waals surface area contributed by atoms with E-state index in [2.05, 4.69) is 10.6 Å². The zero-order valence-electron chi connectivity index (χ0n) is 9.93. The fraction of sp³-hybridized carbons (Fsp3) is 0.417. The number of ether oxygens (including phenoxy) is 1. The first-order valence-corrected chi connectivity index (χ1v) is 5.59. The second kappa shape index (κ2) is 4.99. The molecule has 1 aliphatic rings. The minimum Gasteiger partial charge on any atom is -0.363 e. The number of nitrogens with one attached hydrogen (secondary N) is 2. The number of halogens is 2. The Bertz CT molecular complexity index is 441. The van der Waals surface area contributed by atoms with Gasteiger partial charge in [-0.05, 0) is 19.1 Å². The molecule has 4 nitrogen and oxygen atoms in total. The number of benzene rings is 1. The van der Waals surface area contributed by atoms with E-state index < -0.39 is 23.2 Å².